The molecule has 1 amide bonds. The first-order valence-corrected chi connectivity index (χ1v) is 7.65. The molecule has 24 heavy (non-hydrogen) atoms. The fourth-order valence-corrected chi connectivity index (χ4v) is 3.03. The van der Waals surface area contributed by atoms with E-state index in [2.05, 4.69) is 10.2 Å². The number of nitrogens with zero attached hydrogens (tertiary/aromatic N) is 3. The molecule has 1 aromatic heterocycles. The number of rotatable bonds is 2. The van der Waals surface area contributed by atoms with Gasteiger partial charge in [-0.25, -0.2) is 4.39 Å². The summed E-state index contributed by atoms with van der Waals surface area (Å²) in [7, 11) is 0. The van der Waals surface area contributed by atoms with Crippen LogP contribution in [0.4, 0.5) is 10.1 Å². The van der Waals surface area contributed by atoms with Crippen LogP contribution in [0, 0.1) is 5.82 Å². The van der Waals surface area contributed by atoms with Crippen molar-refractivity contribution in [3.8, 4) is 11.5 Å². The highest BCUT2D eigenvalue weighted by molar-refractivity contribution is 6.04. The average molecular weight is 323 g/mol. The standard InChI is InChI=1S/C18H14FN3O2/c1-11-10-12-6-2-5-9-15(12)22(11)18(23)17-21-20-16(24-17)13-7-3-4-8-14(13)19/h2-9,11H,10H2,1H3. The summed E-state index contributed by atoms with van der Waals surface area (Å²) in [5.74, 6) is -0.990. The van der Waals surface area contributed by atoms with Gasteiger partial charge < -0.3 is 9.32 Å². The topological polar surface area (TPSA) is 59.2 Å². The number of benzene rings is 2. The lowest BCUT2D eigenvalue weighted by Gasteiger charge is -2.20. The van der Waals surface area contributed by atoms with Crippen LogP contribution >= 0.6 is 0 Å². The van der Waals surface area contributed by atoms with E-state index in [0.717, 1.165) is 17.7 Å². The van der Waals surface area contributed by atoms with Crippen molar-refractivity contribution in [3.63, 3.8) is 0 Å². The molecule has 0 fully saturated rings. The second-order valence-electron chi connectivity index (χ2n) is 5.75. The van der Waals surface area contributed by atoms with Gasteiger partial charge in [0, 0.05) is 11.7 Å². The Morgan fingerprint density at radius 3 is 2.75 bits per heavy atom. The molecule has 0 spiro atoms. The van der Waals surface area contributed by atoms with Gasteiger partial charge >= 0.3 is 11.8 Å². The molecular weight excluding hydrogens is 309 g/mol. The largest absolute Gasteiger partial charge is 0.412 e. The molecule has 1 aliphatic heterocycles. The lowest BCUT2D eigenvalue weighted by molar-refractivity contribution is 0.0948. The summed E-state index contributed by atoms with van der Waals surface area (Å²) in [6.45, 7) is 1.96. The first-order valence-electron chi connectivity index (χ1n) is 7.65. The average Bonchev–Trinajstić information content (AvgIpc) is 3.18. The summed E-state index contributed by atoms with van der Waals surface area (Å²) < 4.78 is 19.3. The number of aromatic nitrogens is 2. The summed E-state index contributed by atoms with van der Waals surface area (Å²) in [6, 6.07) is 13.8. The summed E-state index contributed by atoms with van der Waals surface area (Å²) in [5, 5.41) is 7.63. The minimum atomic E-state index is -0.472. The SMILES string of the molecule is CC1Cc2ccccc2N1C(=O)c1nnc(-c2ccccc2F)o1. The van der Waals surface area contributed by atoms with Crippen LogP contribution in [-0.2, 0) is 6.42 Å². The maximum Gasteiger partial charge on any atom is 0.316 e. The van der Waals surface area contributed by atoms with Crippen molar-refractivity contribution >= 4 is 11.6 Å². The van der Waals surface area contributed by atoms with E-state index < -0.39 is 5.82 Å². The minimum Gasteiger partial charge on any atom is -0.412 e. The van der Waals surface area contributed by atoms with Crippen molar-refractivity contribution in [2.45, 2.75) is 19.4 Å². The molecule has 0 radical (unpaired) electrons. The first-order chi connectivity index (χ1) is 11.6. The first kappa shape index (κ1) is 14.6. The molecule has 2 heterocycles. The molecule has 0 saturated heterocycles. The second kappa shape index (κ2) is 5.56. The van der Waals surface area contributed by atoms with Crippen molar-refractivity contribution in [2.75, 3.05) is 4.90 Å². The number of para-hydroxylation sites is 1. The van der Waals surface area contributed by atoms with Crippen molar-refractivity contribution in [3.05, 3.63) is 65.8 Å². The van der Waals surface area contributed by atoms with E-state index in [-0.39, 0.29) is 29.3 Å². The Hall–Kier alpha value is -3.02. The molecule has 0 aliphatic carbocycles. The van der Waals surface area contributed by atoms with Crippen LogP contribution < -0.4 is 4.90 Å². The predicted octanol–water partition coefficient (Wildman–Crippen LogP) is 3.47. The van der Waals surface area contributed by atoms with Gasteiger partial charge in [0.2, 0.25) is 0 Å². The molecule has 0 N–H and O–H groups in total. The van der Waals surface area contributed by atoms with Crippen LogP contribution in [0.2, 0.25) is 0 Å². The van der Waals surface area contributed by atoms with Crippen LogP contribution in [0.15, 0.2) is 52.9 Å². The molecule has 120 valence electrons. The fraction of sp³-hybridized carbons (Fsp3) is 0.167. The second-order valence-corrected chi connectivity index (χ2v) is 5.75. The monoisotopic (exact) mass is 323 g/mol. The molecular formula is C18H14FN3O2. The highest BCUT2D eigenvalue weighted by Gasteiger charge is 2.34. The third-order valence-corrected chi connectivity index (χ3v) is 4.14. The molecule has 1 atom stereocenters. The van der Waals surface area contributed by atoms with Crippen molar-refractivity contribution in [2.24, 2.45) is 0 Å². The number of anilines is 1. The minimum absolute atomic E-state index is 0.00119. The van der Waals surface area contributed by atoms with Gasteiger partial charge in [0.1, 0.15) is 5.82 Å². The van der Waals surface area contributed by atoms with Gasteiger partial charge in [0.25, 0.3) is 5.89 Å². The Balaban J connectivity index is 1.68. The van der Waals surface area contributed by atoms with Crippen molar-refractivity contribution in [1.29, 1.82) is 0 Å². The number of hydrogen-bond donors (Lipinski definition) is 0. The van der Waals surface area contributed by atoms with Gasteiger partial charge in [-0.3, -0.25) is 4.79 Å². The van der Waals surface area contributed by atoms with E-state index in [4.69, 9.17) is 4.42 Å². The molecule has 0 bridgehead atoms. The van der Waals surface area contributed by atoms with Crippen LogP contribution in [-0.4, -0.2) is 22.1 Å². The Labute approximate surface area is 137 Å². The van der Waals surface area contributed by atoms with Gasteiger partial charge in [-0.1, -0.05) is 30.3 Å². The normalized spacial score (nSPS) is 16.2. The van der Waals surface area contributed by atoms with Crippen LogP contribution in [0.3, 0.4) is 0 Å². The van der Waals surface area contributed by atoms with E-state index in [1.807, 2.05) is 31.2 Å². The number of hydrogen-bond acceptors (Lipinski definition) is 4. The smallest absolute Gasteiger partial charge is 0.316 e. The highest BCUT2D eigenvalue weighted by Crippen LogP contribution is 2.33. The van der Waals surface area contributed by atoms with E-state index >= 15 is 0 Å². The molecule has 5 nitrogen and oxygen atoms in total. The Morgan fingerprint density at radius 1 is 1.17 bits per heavy atom. The van der Waals surface area contributed by atoms with Gasteiger partial charge in [0.15, 0.2) is 0 Å². The summed E-state index contributed by atoms with van der Waals surface area (Å²) in [5.41, 5.74) is 2.13. The molecule has 1 unspecified atom stereocenters. The lowest BCUT2D eigenvalue weighted by atomic mass is 10.1. The summed E-state index contributed by atoms with van der Waals surface area (Å²) >= 11 is 0. The number of carbonyl (C=O) groups is 1. The Bertz CT molecular complexity index is 922. The van der Waals surface area contributed by atoms with E-state index in [1.54, 1.807) is 17.0 Å². The van der Waals surface area contributed by atoms with Gasteiger partial charge in [-0.15, -0.1) is 10.2 Å². The zero-order chi connectivity index (χ0) is 16.7. The van der Waals surface area contributed by atoms with Crippen LogP contribution in [0.1, 0.15) is 23.2 Å². The quantitative estimate of drug-likeness (QED) is 0.724. The predicted molar refractivity (Wildman–Crippen MR) is 86.1 cm³/mol. The van der Waals surface area contributed by atoms with E-state index in [9.17, 15) is 9.18 Å². The lowest BCUT2D eigenvalue weighted by Crippen LogP contribution is -2.35. The van der Waals surface area contributed by atoms with Gasteiger partial charge in [-0.2, -0.15) is 0 Å². The molecule has 1 aliphatic rings. The Kier molecular flexibility index (Phi) is 3.37. The maximum atomic E-state index is 13.8. The maximum absolute atomic E-state index is 13.8. The number of fused-ring (bicyclic) bond motifs is 1. The van der Waals surface area contributed by atoms with Crippen molar-refractivity contribution < 1.29 is 13.6 Å². The van der Waals surface area contributed by atoms with Crippen molar-refractivity contribution in [1.82, 2.24) is 10.2 Å². The molecule has 4 rings (SSSR count). The third-order valence-electron chi connectivity index (χ3n) is 4.14. The molecule has 2 aromatic carbocycles. The van der Waals surface area contributed by atoms with Crippen LogP contribution in [0.25, 0.3) is 11.5 Å². The zero-order valence-electron chi connectivity index (χ0n) is 12.9. The molecule has 0 saturated carbocycles. The summed E-state index contributed by atoms with van der Waals surface area (Å²) in [6.07, 6.45) is 0.774. The Morgan fingerprint density at radius 2 is 1.92 bits per heavy atom. The molecule has 6 heteroatoms. The number of carbonyl (C=O) groups excluding carboxylic acids is 1. The fourth-order valence-electron chi connectivity index (χ4n) is 3.03. The number of halogens is 1. The number of amides is 1. The van der Waals surface area contributed by atoms with E-state index in [1.165, 1.54) is 12.1 Å². The van der Waals surface area contributed by atoms with Crippen LogP contribution in [0.5, 0.6) is 0 Å². The third kappa shape index (κ3) is 2.27. The highest BCUT2D eigenvalue weighted by atomic mass is 19.1. The van der Waals surface area contributed by atoms with Gasteiger partial charge in [-0.05, 0) is 37.1 Å². The molecule has 3 aromatic rings. The zero-order valence-corrected chi connectivity index (χ0v) is 12.9. The van der Waals surface area contributed by atoms with Gasteiger partial charge in [0.05, 0.1) is 5.56 Å². The van der Waals surface area contributed by atoms with E-state index in [0.29, 0.717) is 0 Å². The summed E-state index contributed by atoms with van der Waals surface area (Å²) in [4.78, 5) is 14.4.